The van der Waals surface area contributed by atoms with Gasteiger partial charge < -0.3 is 9.29 Å². The number of hydrogen-bond acceptors (Lipinski definition) is 7. The van der Waals surface area contributed by atoms with Gasteiger partial charge in [0.05, 0.1) is 34.7 Å². The highest BCUT2D eigenvalue weighted by molar-refractivity contribution is 7.87. The van der Waals surface area contributed by atoms with E-state index in [2.05, 4.69) is 10.5 Å². The molecule has 40 heavy (non-hydrogen) atoms. The summed E-state index contributed by atoms with van der Waals surface area (Å²) in [6.45, 7) is 2.51. The number of piperidine rings is 1. The molecule has 4 rings (SSSR count). The van der Waals surface area contributed by atoms with Gasteiger partial charge in [-0.1, -0.05) is 23.2 Å². The standard InChI is InChI=1S/C25H25Cl2F3N4O5S/c1-15-22(24(36)32-33-11-2-3-18(35)14-33)31-34(21-9-6-17(26)13-20(21)27)23(15)16-4-7-19(8-5-16)39-40(37,38)12-10-25(28,29)30/h4-9,13,18,35H,2-3,10-12,14H2,1H3,(H,32,36). The lowest BCUT2D eigenvalue weighted by Gasteiger charge is -2.29. The van der Waals surface area contributed by atoms with Crippen molar-refractivity contribution in [3.63, 3.8) is 0 Å². The van der Waals surface area contributed by atoms with Gasteiger partial charge >= 0.3 is 16.3 Å². The summed E-state index contributed by atoms with van der Waals surface area (Å²) in [5.74, 6) is -1.90. The van der Waals surface area contributed by atoms with Crippen LogP contribution in [0.1, 0.15) is 35.3 Å². The Hall–Kier alpha value is -2.84. The first-order chi connectivity index (χ1) is 18.7. The summed E-state index contributed by atoms with van der Waals surface area (Å²) in [6, 6.07) is 10.3. The number of carbonyl (C=O) groups excluding carboxylic acids is 1. The number of aliphatic hydroxyl groups excluding tert-OH is 1. The minimum absolute atomic E-state index is 0.0798. The highest BCUT2D eigenvalue weighted by atomic mass is 35.5. The van der Waals surface area contributed by atoms with E-state index in [1.807, 2.05) is 0 Å². The number of halogens is 5. The van der Waals surface area contributed by atoms with Gasteiger partial charge in [0.25, 0.3) is 5.91 Å². The average molecular weight is 621 g/mol. The van der Waals surface area contributed by atoms with Gasteiger partial charge in [-0.25, -0.2) is 9.69 Å². The fraction of sp³-hybridized carbons (Fsp3) is 0.360. The van der Waals surface area contributed by atoms with E-state index in [-0.39, 0.29) is 23.0 Å². The largest absolute Gasteiger partial charge is 0.392 e. The molecule has 1 atom stereocenters. The van der Waals surface area contributed by atoms with Crippen molar-refractivity contribution in [3.8, 4) is 22.7 Å². The zero-order valence-electron chi connectivity index (χ0n) is 21.1. The third-order valence-corrected chi connectivity index (χ3v) is 7.81. The third kappa shape index (κ3) is 7.46. The number of nitrogens with one attached hydrogen (secondary N) is 1. The molecule has 1 aromatic heterocycles. The highest BCUT2D eigenvalue weighted by Crippen LogP contribution is 2.34. The number of carbonyl (C=O) groups is 1. The molecule has 0 aliphatic carbocycles. The fourth-order valence-electron chi connectivity index (χ4n) is 4.23. The number of hydrazine groups is 1. The molecule has 0 spiro atoms. The molecule has 1 amide bonds. The van der Waals surface area contributed by atoms with Gasteiger partial charge in [0.2, 0.25) is 0 Å². The highest BCUT2D eigenvalue weighted by Gasteiger charge is 2.31. The van der Waals surface area contributed by atoms with Crippen LogP contribution in [0.2, 0.25) is 10.0 Å². The molecule has 0 radical (unpaired) electrons. The molecular weight excluding hydrogens is 596 g/mol. The van der Waals surface area contributed by atoms with E-state index in [4.69, 9.17) is 27.4 Å². The van der Waals surface area contributed by atoms with E-state index in [1.165, 1.54) is 35.0 Å². The minimum Gasteiger partial charge on any atom is -0.392 e. The Morgan fingerprint density at radius 1 is 1.20 bits per heavy atom. The summed E-state index contributed by atoms with van der Waals surface area (Å²) >= 11 is 12.5. The first-order valence-corrected chi connectivity index (χ1v) is 14.4. The number of alkyl halides is 3. The van der Waals surface area contributed by atoms with Gasteiger partial charge in [-0.2, -0.15) is 26.7 Å². The van der Waals surface area contributed by atoms with Crippen LogP contribution in [0.25, 0.3) is 16.9 Å². The molecule has 9 nitrogen and oxygen atoms in total. The Balaban J connectivity index is 1.68. The number of aliphatic hydroxyl groups is 1. The van der Waals surface area contributed by atoms with Crippen molar-refractivity contribution in [2.24, 2.45) is 0 Å². The first-order valence-electron chi connectivity index (χ1n) is 12.1. The van der Waals surface area contributed by atoms with Crippen molar-refractivity contribution in [3.05, 3.63) is 63.8 Å². The monoisotopic (exact) mass is 620 g/mol. The van der Waals surface area contributed by atoms with Crippen LogP contribution in [0.4, 0.5) is 13.2 Å². The molecule has 1 unspecified atom stereocenters. The Morgan fingerprint density at radius 3 is 2.52 bits per heavy atom. The smallest absolute Gasteiger partial charge is 0.390 e. The first kappa shape index (κ1) is 30.1. The van der Waals surface area contributed by atoms with E-state index in [9.17, 15) is 31.5 Å². The number of β-amino-alcohol motifs (C(OH)–C–C–N with tert-alkyl or cyclic N) is 1. The topological polar surface area (TPSA) is 114 Å². The molecule has 2 N–H and O–H groups in total. The van der Waals surface area contributed by atoms with E-state index < -0.39 is 40.5 Å². The maximum absolute atomic E-state index is 13.2. The van der Waals surface area contributed by atoms with Gasteiger partial charge in [0.1, 0.15) is 5.75 Å². The predicted octanol–water partition coefficient (Wildman–Crippen LogP) is 4.92. The van der Waals surface area contributed by atoms with Gasteiger partial charge in [0, 0.05) is 29.2 Å². The Bertz CT molecular complexity index is 1500. The van der Waals surface area contributed by atoms with Crippen molar-refractivity contribution in [2.45, 2.75) is 38.5 Å². The summed E-state index contributed by atoms with van der Waals surface area (Å²) in [6.07, 6.45) is -5.39. The number of rotatable bonds is 8. The van der Waals surface area contributed by atoms with Crippen LogP contribution in [0.5, 0.6) is 5.75 Å². The summed E-state index contributed by atoms with van der Waals surface area (Å²) in [5.41, 5.74) is 4.66. The molecule has 1 saturated heterocycles. The van der Waals surface area contributed by atoms with E-state index in [0.29, 0.717) is 46.9 Å². The Morgan fingerprint density at radius 2 is 1.90 bits per heavy atom. The lowest BCUT2D eigenvalue weighted by Crippen LogP contribution is -2.49. The molecule has 1 aliphatic rings. The van der Waals surface area contributed by atoms with E-state index in [0.717, 1.165) is 0 Å². The molecule has 15 heteroatoms. The molecule has 2 aromatic carbocycles. The maximum Gasteiger partial charge on any atom is 0.390 e. The number of benzene rings is 2. The summed E-state index contributed by atoms with van der Waals surface area (Å²) < 4.78 is 67.6. The van der Waals surface area contributed by atoms with Crippen LogP contribution in [0.3, 0.4) is 0 Å². The molecule has 1 aliphatic heterocycles. The molecule has 1 fully saturated rings. The molecule has 0 bridgehead atoms. The lowest BCUT2D eigenvalue weighted by molar-refractivity contribution is -0.130. The SMILES string of the molecule is Cc1c(C(=O)NN2CCCC(O)C2)nn(-c2ccc(Cl)cc2Cl)c1-c1ccc(OS(=O)(=O)CCC(F)(F)F)cc1. The molecule has 0 saturated carbocycles. The van der Waals surface area contributed by atoms with Gasteiger partial charge in [-0.05, 0) is 62.2 Å². The quantitative estimate of drug-likeness (QED) is 0.344. The van der Waals surface area contributed by atoms with Gasteiger partial charge in [0.15, 0.2) is 5.69 Å². The fourth-order valence-corrected chi connectivity index (χ4v) is 5.69. The van der Waals surface area contributed by atoms with Crippen molar-refractivity contribution in [1.82, 2.24) is 20.2 Å². The van der Waals surface area contributed by atoms with Crippen molar-refractivity contribution >= 4 is 39.2 Å². The van der Waals surface area contributed by atoms with Crippen molar-refractivity contribution in [1.29, 1.82) is 0 Å². The zero-order valence-corrected chi connectivity index (χ0v) is 23.4. The minimum atomic E-state index is -4.64. The second kappa shape index (κ2) is 12.0. The second-order valence-electron chi connectivity index (χ2n) is 9.25. The van der Waals surface area contributed by atoms with Crippen molar-refractivity contribution in [2.75, 3.05) is 18.8 Å². The molecule has 3 aromatic rings. The second-order valence-corrected chi connectivity index (χ2v) is 11.8. The number of nitrogens with zero attached hydrogens (tertiary/aromatic N) is 3. The van der Waals surface area contributed by atoms with E-state index >= 15 is 0 Å². The lowest BCUT2D eigenvalue weighted by atomic mass is 10.1. The van der Waals surface area contributed by atoms with Crippen LogP contribution in [0, 0.1) is 6.92 Å². The Kier molecular flexibility index (Phi) is 9.00. The summed E-state index contributed by atoms with van der Waals surface area (Å²) in [4.78, 5) is 13.2. The van der Waals surface area contributed by atoms with Crippen LogP contribution in [-0.2, 0) is 10.1 Å². The van der Waals surface area contributed by atoms with Crippen LogP contribution in [0.15, 0.2) is 42.5 Å². The zero-order chi connectivity index (χ0) is 29.2. The van der Waals surface area contributed by atoms with Crippen LogP contribution >= 0.6 is 23.2 Å². The van der Waals surface area contributed by atoms with Crippen LogP contribution in [-0.4, -0.2) is 65.3 Å². The van der Waals surface area contributed by atoms with Gasteiger partial charge in [-0.15, -0.1) is 0 Å². The molecule has 2 heterocycles. The number of amides is 1. The normalized spacial score (nSPS) is 16.6. The Labute approximate surface area is 238 Å². The average Bonchev–Trinajstić information content (AvgIpc) is 3.19. The van der Waals surface area contributed by atoms with E-state index in [1.54, 1.807) is 24.1 Å². The van der Waals surface area contributed by atoms with Gasteiger partial charge in [-0.3, -0.25) is 10.2 Å². The molecular formula is C25H25Cl2F3N4O5S. The third-order valence-electron chi connectivity index (χ3n) is 6.12. The summed E-state index contributed by atoms with van der Waals surface area (Å²) in [7, 11) is -4.48. The van der Waals surface area contributed by atoms with Crippen molar-refractivity contribution < 1.29 is 35.7 Å². The molecule has 216 valence electrons. The predicted molar refractivity (Wildman–Crippen MR) is 143 cm³/mol. The summed E-state index contributed by atoms with van der Waals surface area (Å²) in [5, 5.41) is 16.7. The number of hydrogen-bond donors (Lipinski definition) is 2. The maximum atomic E-state index is 13.2. The van der Waals surface area contributed by atoms with Crippen LogP contribution < -0.4 is 9.61 Å². The number of aromatic nitrogens is 2.